The Labute approximate surface area is 68.7 Å². The number of halogens is 1. The highest BCUT2D eigenvalue weighted by Gasteiger charge is 2.02. The number of ether oxygens (including phenoxy) is 1. The van der Waals surface area contributed by atoms with Gasteiger partial charge in [-0.1, -0.05) is 13.3 Å². The van der Waals surface area contributed by atoms with E-state index in [0.29, 0.717) is 5.92 Å². The fourth-order valence-electron chi connectivity index (χ4n) is 0.785. The summed E-state index contributed by atoms with van der Waals surface area (Å²) in [7, 11) is 0. The van der Waals surface area contributed by atoms with Gasteiger partial charge in [0.2, 0.25) is 0 Å². The van der Waals surface area contributed by atoms with Crippen molar-refractivity contribution in [3.05, 3.63) is 0 Å². The van der Waals surface area contributed by atoms with E-state index in [0.717, 1.165) is 31.9 Å². The predicted molar refractivity (Wildman–Crippen MR) is 45.6 cm³/mol. The van der Waals surface area contributed by atoms with Crippen molar-refractivity contribution in [2.75, 3.05) is 19.1 Å². The van der Waals surface area contributed by atoms with Crippen molar-refractivity contribution < 1.29 is 4.74 Å². The number of alkyl halides is 1. The van der Waals surface area contributed by atoms with E-state index in [4.69, 9.17) is 16.3 Å². The molecule has 0 aliphatic carbocycles. The number of hydrogen-bond donors (Lipinski definition) is 0. The van der Waals surface area contributed by atoms with Gasteiger partial charge in [-0.25, -0.2) is 0 Å². The van der Waals surface area contributed by atoms with Crippen molar-refractivity contribution in [2.24, 2.45) is 5.92 Å². The second kappa shape index (κ2) is 7.36. The fourth-order valence-corrected chi connectivity index (χ4v) is 1.16. The van der Waals surface area contributed by atoms with Crippen LogP contribution in [-0.4, -0.2) is 19.1 Å². The molecule has 1 unspecified atom stereocenters. The molecule has 0 heterocycles. The fraction of sp³-hybridized carbons (Fsp3) is 1.00. The van der Waals surface area contributed by atoms with Crippen molar-refractivity contribution >= 4 is 11.6 Å². The zero-order valence-corrected chi connectivity index (χ0v) is 7.66. The average Bonchev–Trinajstić information content (AvgIpc) is 1.99. The molecule has 0 aromatic rings. The van der Waals surface area contributed by atoms with E-state index >= 15 is 0 Å². The number of hydrogen-bond acceptors (Lipinski definition) is 1. The minimum Gasteiger partial charge on any atom is -0.382 e. The first-order valence-electron chi connectivity index (χ1n) is 3.98. The second-order valence-corrected chi connectivity index (χ2v) is 2.72. The van der Waals surface area contributed by atoms with Crippen LogP contribution in [0.3, 0.4) is 0 Å². The summed E-state index contributed by atoms with van der Waals surface area (Å²) in [6.45, 7) is 5.86. The largest absolute Gasteiger partial charge is 0.382 e. The van der Waals surface area contributed by atoms with Crippen molar-refractivity contribution in [3.63, 3.8) is 0 Å². The highest BCUT2D eigenvalue weighted by Crippen LogP contribution is 2.09. The van der Waals surface area contributed by atoms with Gasteiger partial charge in [0.25, 0.3) is 0 Å². The summed E-state index contributed by atoms with van der Waals surface area (Å²) in [6, 6.07) is 0. The molecule has 0 fully saturated rings. The topological polar surface area (TPSA) is 9.23 Å². The summed E-state index contributed by atoms with van der Waals surface area (Å²) in [5.74, 6) is 1.41. The molecule has 0 N–H and O–H groups in total. The summed E-state index contributed by atoms with van der Waals surface area (Å²) in [6.07, 6.45) is 2.27. The lowest BCUT2D eigenvalue weighted by Crippen LogP contribution is -2.05. The van der Waals surface area contributed by atoms with Gasteiger partial charge in [-0.05, 0) is 19.3 Å². The average molecular weight is 165 g/mol. The molecule has 0 amide bonds. The summed E-state index contributed by atoms with van der Waals surface area (Å²) >= 11 is 5.69. The van der Waals surface area contributed by atoms with Crippen LogP contribution in [0.15, 0.2) is 0 Å². The second-order valence-electron chi connectivity index (χ2n) is 2.41. The first kappa shape index (κ1) is 10.2. The molecule has 0 saturated heterocycles. The van der Waals surface area contributed by atoms with Crippen LogP contribution in [-0.2, 0) is 4.74 Å². The molecule has 2 heteroatoms. The summed E-state index contributed by atoms with van der Waals surface area (Å²) in [4.78, 5) is 0. The quantitative estimate of drug-likeness (QED) is 0.433. The van der Waals surface area contributed by atoms with E-state index in [-0.39, 0.29) is 0 Å². The maximum Gasteiger partial charge on any atom is 0.0468 e. The van der Waals surface area contributed by atoms with Crippen molar-refractivity contribution in [3.8, 4) is 0 Å². The molecule has 0 aromatic carbocycles. The summed E-state index contributed by atoms with van der Waals surface area (Å²) in [5.41, 5.74) is 0. The molecule has 0 aliphatic heterocycles. The van der Waals surface area contributed by atoms with E-state index < -0.39 is 0 Å². The van der Waals surface area contributed by atoms with Gasteiger partial charge in [-0.2, -0.15) is 0 Å². The Balaban J connectivity index is 3.09. The third-order valence-electron chi connectivity index (χ3n) is 1.67. The Bertz CT molecular complexity index is 62.3. The van der Waals surface area contributed by atoms with Crippen LogP contribution in [0.5, 0.6) is 0 Å². The molecule has 1 nitrogen and oxygen atoms in total. The zero-order valence-electron chi connectivity index (χ0n) is 6.90. The van der Waals surface area contributed by atoms with Gasteiger partial charge in [0, 0.05) is 19.1 Å². The lowest BCUT2D eigenvalue weighted by atomic mass is 10.1. The molecule has 0 bridgehead atoms. The smallest absolute Gasteiger partial charge is 0.0468 e. The Morgan fingerprint density at radius 1 is 1.40 bits per heavy atom. The monoisotopic (exact) mass is 164 g/mol. The van der Waals surface area contributed by atoms with Crippen LogP contribution in [0.1, 0.15) is 26.7 Å². The molecule has 10 heavy (non-hydrogen) atoms. The van der Waals surface area contributed by atoms with E-state index in [2.05, 4.69) is 6.92 Å². The van der Waals surface area contributed by atoms with E-state index in [1.165, 1.54) is 0 Å². The van der Waals surface area contributed by atoms with E-state index in [1.54, 1.807) is 0 Å². The van der Waals surface area contributed by atoms with Crippen LogP contribution >= 0.6 is 11.6 Å². The summed E-state index contributed by atoms with van der Waals surface area (Å²) in [5, 5.41) is 0. The molecule has 0 aliphatic rings. The Morgan fingerprint density at radius 2 is 2.10 bits per heavy atom. The Hall–Kier alpha value is 0.250. The van der Waals surface area contributed by atoms with Gasteiger partial charge in [0.05, 0.1) is 0 Å². The van der Waals surface area contributed by atoms with Crippen molar-refractivity contribution in [1.29, 1.82) is 0 Å². The molecular weight excluding hydrogens is 148 g/mol. The molecule has 0 spiro atoms. The van der Waals surface area contributed by atoms with Gasteiger partial charge in [-0.3, -0.25) is 0 Å². The summed E-state index contributed by atoms with van der Waals surface area (Å²) < 4.78 is 5.21. The van der Waals surface area contributed by atoms with Crippen LogP contribution in [0.4, 0.5) is 0 Å². The highest BCUT2D eigenvalue weighted by molar-refractivity contribution is 6.18. The van der Waals surface area contributed by atoms with Crippen LogP contribution in [0.25, 0.3) is 0 Å². The van der Waals surface area contributed by atoms with Gasteiger partial charge < -0.3 is 4.74 Å². The molecule has 0 aromatic heterocycles. The van der Waals surface area contributed by atoms with Crippen LogP contribution < -0.4 is 0 Å². The van der Waals surface area contributed by atoms with Gasteiger partial charge in [0.15, 0.2) is 0 Å². The normalized spacial score (nSPS) is 13.5. The maximum absolute atomic E-state index is 5.69. The third kappa shape index (κ3) is 5.07. The number of rotatable bonds is 6. The minimum atomic E-state index is 0.646. The lowest BCUT2D eigenvalue weighted by molar-refractivity contribution is 0.134. The van der Waals surface area contributed by atoms with E-state index in [9.17, 15) is 0 Å². The van der Waals surface area contributed by atoms with Crippen LogP contribution in [0.2, 0.25) is 0 Å². The Kier molecular flexibility index (Phi) is 7.54. The van der Waals surface area contributed by atoms with E-state index in [1.807, 2.05) is 6.92 Å². The first-order valence-corrected chi connectivity index (χ1v) is 4.52. The maximum atomic E-state index is 5.69. The Morgan fingerprint density at radius 3 is 2.50 bits per heavy atom. The van der Waals surface area contributed by atoms with Crippen molar-refractivity contribution in [2.45, 2.75) is 26.7 Å². The zero-order chi connectivity index (χ0) is 7.82. The molecular formula is C8H17ClO. The standard InChI is InChI=1S/C8H17ClO/c1-3-8(7-9)5-6-10-4-2/h8H,3-7H2,1-2H3. The SMILES string of the molecule is CCOCCC(CC)CCl. The lowest BCUT2D eigenvalue weighted by Gasteiger charge is -2.09. The van der Waals surface area contributed by atoms with Gasteiger partial charge in [-0.15, -0.1) is 11.6 Å². The molecule has 62 valence electrons. The van der Waals surface area contributed by atoms with Crippen LogP contribution in [0, 0.1) is 5.92 Å². The molecule has 1 atom stereocenters. The molecule has 0 rings (SSSR count). The van der Waals surface area contributed by atoms with Crippen molar-refractivity contribution in [1.82, 2.24) is 0 Å². The predicted octanol–water partition coefficient (Wildman–Crippen LogP) is 2.68. The molecule has 0 radical (unpaired) electrons. The molecule has 0 saturated carbocycles. The third-order valence-corrected chi connectivity index (χ3v) is 2.11. The minimum absolute atomic E-state index is 0.646. The van der Waals surface area contributed by atoms with Gasteiger partial charge in [0.1, 0.15) is 0 Å². The highest BCUT2D eigenvalue weighted by atomic mass is 35.5. The van der Waals surface area contributed by atoms with Gasteiger partial charge >= 0.3 is 0 Å². The first-order chi connectivity index (χ1) is 4.85.